The Morgan fingerprint density at radius 3 is 3.00 bits per heavy atom. The fourth-order valence-corrected chi connectivity index (χ4v) is 2.41. The topological polar surface area (TPSA) is 51.0 Å². The third-order valence-corrected chi connectivity index (χ3v) is 3.31. The molecule has 1 N–H and O–H groups in total. The summed E-state index contributed by atoms with van der Waals surface area (Å²) in [7, 11) is 0. The number of aryl methyl sites for hydroxylation is 1. The summed E-state index contributed by atoms with van der Waals surface area (Å²) in [6.07, 6.45) is 4.58. The number of aromatic nitrogens is 2. The SMILES string of the molecule is CC1CCC(CNc2nnc(CCCl)o2)C1. The lowest BCUT2D eigenvalue weighted by Gasteiger charge is -2.08. The minimum atomic E-state index is 0.516. The Morgan fingerprint density at radius 2 is 2.31 bits per heavy atom. The molecule has 0 saturated heterocycles. The molecule has 1 heterocycles. The molecule has 0 amide bonds. The van der Waals surface area contributed by atoms with E-state index in [0.29, 0.717) is 24.2 Å². The van der Waals surface area contributed by atoms with Crippen LogP contribution < -0.4 is 5.32 Å². The van der Waals surface area contributed by atoms with Crippen LogP contribution in [0.3, 0.4) is 0 Å². The van der Waals surface area contributed by atoms with E-state index in [4.69, 9.17) is 16.0 Å². The van der Waals surface area contributed by atoms with E-state index in [9.17, 15) is 0 Å². The molecular weight excluding hydrogens is 226 g/mol. The average Bonchev–Trinajstić information content (AvgIpc) is 2.85. The molecule has 1 aromatic rings. The lowest BCUT2D eigenvalue weighted by Crippen LogP contribution is -2.11. The molecule has 0 radical (unpaired) electrons. The number of alkyl halides is 1. The van der Waals surface area contributed by atoms with E-state index < -0.39 is 0 Å². The Morgan fingerprint density at radius 1 is 1.44 bits per heavy atom. The highest BCUT2D eigenvalue weighted by Crippen LogP contribution is 2.30. The van der Waals surface area contributed by atoms with Gasteiger partial charge in [-0.15, -0.1) is 16.7 Å². The summed E-state index contributed by atoms with van der Waals surface area (Å²) in [6, 6.07) is 0.527. The zero-order valence-electron chi connectivity index (χ0n) is 9.58. The van der Waals surface area contributed by atoms with Crippen molar-refractivity contribution in [1.82, 2.24) is 10.2 Å². The van der Waals surface area contributed by atoms with E-state index in [2.05, 4.69) is 22.4 Å². The van der Waals surface area contributed by atoms with Crippen molar-refractivity contribution < 1.29 is 4.42 Å². The summed E-state index contributed by atoms with van der Waals surface area (Å²) < 4.78 is 5.39. The first-order chi connectivity index (χ1) is 7.78. The number of anilines is 1. The number of nitrogens with one attached hydrogen (secondary N) is 1. The summed E-state index contributed by atoms with van der Waals surface area (Å²) in [5, 5.41) is 11.0. The van der Waals surface area contributed by atoms with Crippen LogP contribution >= 0.6 is 11.6 Å². The second-order valence-corrected chi connectivity index (χ2v) is 4.98. The normalized spacial score (nSPS) is 24.9. The van der Waals surface area contributed by atoms with Gasteiger partial charge in [0, 0.05) is 18.8 Å². The second-order valence-electron chi connectivity index (χ2n) is 4.61. The van der Waals surface area contributed by atoms with Crippen molar-refractivity contribution in [2.75, 3.05) is 17.7 Å². The molecule has 90 valence electrons. The molecule has 2 unspecified atom stereocenters. The molecule has 2 atom stereocenters. The first-order valence-corrected chi connectivity index (χ1v) is 6.43. The Balaban J connectivity index is 1.76. The van der Waals surface area contributed by atoms with E-state index in [0.717, 1.165) is 18.4 Å². The van der Waals surface area contributed by atoms with E-state index in [1.165, 1.54) is 19.3 Å². The molecule has 16 heavy (non-hydrogen) atoms. The zero-order chi connectivity index (χ0) is 11.4. The van der Waals surface area contributed by atoms with Crippen LogP contribution in [-0.4, -0.2) is 22.6 Å². The molecule has 0 spiro atoms. The van der Waals surface area contributed by atoms with Crippen molar-refractivity contribution in [1.29, 1.82) is 0 Å². The van der Waals surface area contributed by atoms with Crippen molar-refractivity contribution >= 4 is 17.6 Å². The third kappa shape index (κ3) is 3.11. The van der Waals surface area contributed by atoms with Crippen molar-refractivity contribution in [3.63, 3.8) is 0 Å². The van der Waals surface area contributed by atoms with Crippen molar-refractivity contribution in [2.24, 2.45) is 11.8 Å². The zero-order valence-corrected chi connectivity index (χ0v) is 10.3. The van der Waals surface area contributed by atoms with Gasteiger partial charge in [-0.1, -0.05) is 18.4 Å². The lowest BCUT2D eigenvalue weighted by atomic mass is 10.1. The molecule has 4 nitrogen and oxygen atoms in total. The number of rotatable bonds is 5. The molecule has 0 aromatic carbocycles. The molecule has 1 saturated carbocycles. The van der Waals surface area contributed by atoms with Gasteiger partial charge in [0.25, 0.3) is 0 Å². The Hall–Kier alpha value is -0.770. The molecule has 1 fully saturated rings. The minimum absolute atomic E-state index is 0.516. The smallest absolute Gasteiger partial charge is 0.315 e. The van der Waals surface area contributed by atoms with E-state index in [1.807, 2.05) is 0 Å². The lowest BCUT2D eigenvalue weighted by molar-refractivity contribution is 0.494. The highest BCUT2D eigenvalue weighted by molar-refractivity contribution is 6.17. The molecule has 2 rings (SSSR count). The molecule has 0 aliphatic heterocycles. The number of nitrogens with zero attached hydrogens (tertiary/aromatic N) is 2. The van der Waals surface area contributed by atoms with E-state index >= 15 is 0 Å². The van der Waals surface area contributed by atoms with Crippen molar-refractivity contribution in [2.45, 2.75) is 32.6 Å². The fraction of sp³-hybridized carbons (Fsp3) is 0.818. The van der Waals surface area contributed by atoms with Gasteiger partial charge in [-0.05, 0) is 24.7 Å². The van der Waals surface area contributed by atoms with Gasteiger partial charge in [0.2, 0.25) is 5.89 Å². The summed E-state index contributed by atoms with van der Waals surface area (Å²) in [5.41, 5.74) is 0. The monoisotopic (exact) mass is 243 g/mol. The summed E-state index contributed by atoms with van der Waals surface area (Å²) in [4.78, 5) is 0. The number of halogens is 1. The molecule has 1 aliphatic carbocycles. The van der Waals surface area contributed by atoms with Crippen LogP contribution in [-0.2, 0) is 6.42 Å². The van der Waals surface area contributed by atoms with Gasteiger partial charge >= 0.3 is 6.01 Å². The van der Waals surface area contributed by atoms with Gasteiger partial charge in [0.15, 0.2) is 0 Å². The fourth-order valence-electron chi connectivity index (χ4n) is 2.25. The van der Waals surface area contributed by atoms with Crippen molar-refractivity contribution in [3.8, 4) is 0 Å². The van der Waals surface area contributed by atoms with Gasteiger partial charge < -0.3 is 9.73 Å². The van der Waals surface area contributed by atoms with E-state index in [-0.39, 0.29) is 0 Å². The molecular formula is C11H18ClN3O. The van der Waals surface area contributed by atoms with Gasteiger partial charge in [-0.2, -0.15) is 0 Å². The van der Waals surface area contributed by atoms with Crippen LogP contribution in [0, 0.1) is 11.8 Å². The minimum Gasteiger partial charge on any atom is -0.408 e. The van der Waals surface area contributed by atoms with Crippen molar-refractivity contribution in [3.05, 3.63) is 5.89 Å². The van der Waals surface area contributed by atoms with Gasteiger partial charge in [0.05, 0.1) is 0 Å². The standard InChI is InChI=1S/C11H18ClN3O/c1-8-2-3-9(6-8)7-13-11-15-14-10(16-11)4-5-12/h8-9H,2-7H2,1H3,(H,13,15). The predicted octanol–water partition coefficient (Wildman–Crippen LogP) is 2.70. The Labute approximate surface area is 101 Å². The largest absolute Gasteiger partial charge is 0.408 e. The van der Waals surface area contributed by atoms with Gasteiger partial charge in [-0.3, -0.25) is 0 Å². The van der Waals surface area contributed by atoms with Crippen LogP contribution in [0.1, 0.15) is 32.1 Å². The quantitative estimate of drug-likeness (QED) is 0.808. The Bertz CT molecular complexity index is 329. The van der Waals surface area contributed by atoms with E-state index in [1.54, 1.807) is 0 Å². The van der Waals surface area contributed by atoms with Crippen LogP contribution in [0.4, 0.5) is 6.01 Å². The van der Waals surface area contributed by atoms with Crippen LogP contribution in [0.25, 0.3) is 0 Å². The average molecular weight is 244 g/mol. The maximum atomic E-state index is 5.59. The van der Waals surface area contributed by atoms with Crippen LogP contribution in [0.5, 0.6) is 0 Å². The van der Waals surface area contributed by atoms with Crippen LogP contribution in [0.2, 0.25) is 0 Å². The highest BCUT2D eigenvalue weighted by Gasteiger charge is 2.21. The third-order valence-electron chi connectivity index (χ3n) is 3.12. The first-order valence-electron chi connectivity index (χ1n) is 5.90. The molecule has 1 aliphatic rings. The van der Waals surface area contributed by atoms with Crippen LogP contribution in [0.15, 0.2) is 4.42 Å². The molecule has 0 bridgehead atoms. The highest BCUT2D eigenvalue weighted by atomic mass is 35.5. The number of hydrogen-bond acceptors (Lipinski definition) is 4. The Kier molecular flexibility index (Phi) is 4.04. The van der Waals surface area contributed by atoms with Gasteiger partial charge in [0.1, 0.15) is 0 Å². The first kappa shape index (κ1) is 11.7. The predicted molar refractivity (Wildman–Crippen MR) is 63.7 cm³/mol. The molecule has 5 heteroatoms. The summed E-state index contributed by atoms with van der Waals surface area (Å²) >= 11 is 5.59. The molecule has 1 aromatic heterocycles. The maximum absolute atomic E-state index is 5.59. The number of hydrogen-bond donors (Lipinski definition) is 1. The van der Waals surface area contributed by atoms with Gasteiger partial charge in [-0.25, -0.2) is 0 Å². The maximum Gasteiger partial charge on any atom is 0.315 e. The summed E-state index contributed by atoms with van der Waals surface area (Å²) in [6.45, 7) is 3.25. The summed E-state index contributed by atoms with van der Waals surface area (Å²) in [5.74, 6) is 2.74. The second kappa shape index (κ2) is 5.53.